The third-order valence-corrected chi connectivity index (χ3v) is 3.20. The van der Waals surface area contributed by atoms with Gasteiger partial charge in [0, 0.05) is 16.5 Å². The predicted octanol–water partition coefficient (Wildman–Crippen LogP) is 5.24. The lowest BCUT2D eigenvalue weighted by molar-refractivity contribution is 0.923. The quantitative estimate of drug-likeness (QED) is 0.560. The Balaban J connectivity index is 2.16. The summed E-state index contributed by atoms with van der Waals surface area (Å²) < 4.78 is 0.820. The highest BCUT2D eigenvalue weighted by Crippen LogP contribution is 2.28. The van der Waals surface area contributed by atoms with Gasteiger partial charge in [0.25, 0.3) is 0 Å². The van der Waals surface area contributed by atoms with Crippen LogP contribution in [-0.2, 0) is 0 Å². The van der Waals surface area contributed by atoms with Gasteiger partial charge in [-0.15, -0.1) is 5.11 Å². The summed E-state index contributed by atoms with van der Waals surface area (Å²) in [4.78, 5) is 0. The topological polar surface area (TPSA) is 28.0 Å². The molecule has 0 radical (unpaired) electrons. The molecule has 0 aliphatic heterocycles. The minimum atomic E-state index is 0.664. The summed E-state index contributed by atoms with van der Waals surface area (Å²) in [7, 11) is 1.85. The Morgan fingerprint density at radius 2 is 1.83 bits per heavy atom. The molecule has 92 valence electrons. The minimum absolute atomic E-state index is 0.664. The molecule has 0 saturated heterocycles. The van der Waals surface area contributed by atoms with Crippen LogP contribution in [0.4, 0.5) is 11.4 Å². The van der Waals surface area contributed by atoms with Crippen molar-refractivity contribution in [3.63, 3.8) is 0 Å². The van der Waals surface area contributed by atoms with E-state index in [9.17, 15) is 0 Å². The monoisotopic (exact) mass is 323 g/mol. The second-order valence-electron chi connectivity index (χ2n) is 3.64. The van der Waals surface area contributed by atoms with Gasteiger partial charge in [-0.25, -0.2) is 5.01 Å². The Morgan fingerprint density at radius 1 is 1.11 bits per heavy atom. The Kier molecular flexibility index (Phi) is 4.33. The van der Waals surface area contributed by atoms with Gasteiger partial charge < -0.3 is 0 Å². The van der Waals surface area contributed by atoms with E-state index in [1.807, 2.05) is 43.4 Å². The van der Waals surface area contributed by atoms with Crippen molar-refractivity contribution in [3.05, 3.63) is 58.0 Å². The fraction of sp³-hybridized carbons (Fsp3) is 0.0769. The molecular formula is C13H11BrClN3. The van der Waals surface area contributed by atoms with Crippen LogP contribution in [0.5, 0.6) is 0 Å². The molecule has 3 nitrogen and oxygen atoms in total. The van der Waals surface area contributed by atoms with Gasteiger partial charge >= 0.3 is 0 Å². The van der Waals surface area contributed by atoms with Crippen LogP contribution in [0.2, 0.25) is 5.02 Å². The summed E-state index contributed by atoms with van der Waals surface area (Å²) in [5.41, 5.74) is 1.72. The van der Waals surface area contributed by atoms with Crippen LogP contribution in [0.1, 0.15) is 0 Å². The molecule has 0 bridgehead atoms. The molecule has 2 aromatic carbocycles. The molecule has 2 aromatic rings. The summed E-state index contributed by atoms with van der Waals surface area (Å²) in [6.07, 6.45) is 0. The number of hydrogen-bond acceptors (Lipinski definition) is 2. The van der Waals surface area contributed by atoms with Crippen LogP contribution >= 0.6 is 27.5 Å². The largest absolute Gasteiger partial charge is 0.250 e. The third kappa shape index (κ3) is 3.31. The molecule has 0 heterocycles. The maximum absolute atomic E-state index is 5.86. The molecule has 0 atom stereocenters. The number of anilines is 1. The van der Waals surface area contributed by atoms with Gasteiger partial charge in [0.2, 0.25) is 0 Å². The van der Waals surface area contributed by atoms with E-state index in [1.165, 1.54) is 0 Å². The first kappa shape index (κ1) is 13.1. The fourth-order valence-electron chi connectivity index (χ4n) is 1.37. The third-order valence-electron chi connectivity index (χ3n) is 2.33. The van der Waals surface area contributed by atoms with Gasteiger partial charge in [-0.3, -0.25) is 0 Å². The molecule has 0 saturated carbocycles. The van der Waals surface area contributed by atoms with Gasteiger partial charge in [-0.2, -0.15) is 0 Å². The van der Waals surface area contributed by atoms with E-state index in [4.69, 9.17) is 11.6 Å². The summed E-state index contributed by atoms with van der Waals surface area (Å²) in [5.74, 6) is 0. The van der Waals surface area contributed by atoms with E-state index in [0.29, 0.717) is 5.02 Å². The van der Waals surface area contributed by atoms with Gasteiger partial charge in [0.05, 0.1) is 5.69 Å². The molecule has 2 rings (SSSR count). The highest BCUT2D eigenvalue weighted by atomic mass is 79.9. The molecule has 0 unspecified atom stereocenters. The van der Waals surface area contributed by atoms with Gasteiger partial charge in [0.1, 0.15) is 5.69 Å². The molecule has 0 spiro atoms. The van der Waals surface area contributed by atoms with Crippen molar-refractivity contribution in [2.24, 2.45) is 10.3 Å². The molecular weight excluding hydrogens is 314 g/mol. The van der Waals surface area contributed by atoms with E-state index in [-0.39, 0.29) is 0 Å². The Bertz CT molecular complexity index is 557. The first-order chi connectivity index (χ1) is 8.66. The van der Waals surface area contributed by atoms with Crippen molar-refractivity contribution < 1.29 is 0 Å². The van der Waals surface area contributed by atoms with Crippen LogP contribution < -0.4 is 5.01 Å². The second-order valence-corrected chi connectivity index (χ2v) is 4.94. The lowest BCUT2D eigenvalue weighted by atomic mass is 10.3. The van der Waals surface area contributed by atoms with Crippen LogP contribution in [0.3, 0.4) is 0 Å². The number of nitrogens with zero attached hydrogens (tertiary/aromatic N) is 3. The normalized spacial score (nSPS) is 10.8. The van der Waals surface area contributed by atoms with Gasteiger partial charge in [0.15, 0.2) is 0 Å². The van der Waals surface area contributed by atoms with Crippen molar-refractivity contribution in [2.45, 2.75) is 0 Å². The zero-order valence-electron chi connectivity index (χ0n) is 9.72. The standard InChI is InChI=1S/C13H11BrClN3/c1-18(11-5-3-2-4-6-11)17-16-13-8-7-10(15)9-12(13)14/h2-9H,1H3. The number of benzene rings is 2. The van der Waals surface area contributed by atoms with E-state index in [0.717, 1.165) is 15.8 Å². The summed E-state index contributed by atoms with van der Waals surface area (Å²) in [6, 6.07) is 15.2. The van der Waals surface area contributed by atoms with Gasteiger partial charge in [-0.1, -0.05) is 35.0 Å². The smallest absolute Gasteiger partial charge is 0.102 e. The van der Waals surface area contributed by atoms with Crippen LogP contribution in [0, 0.1) is 0 Å². The minimum Gasteiger partial charge on any atom is -0.250 e. The zero-order valence-corrected chi connectivity index (χ0v) is 12.1. The van der Waals surface area contributed by atoms with E-state index >= 15 is 0 Å². The first-order valence-corrected chi connectivity index (χ1v) is 6.49. The summed E-state index contributed by atoms with van der Waals surface area (Å²) >= 11 is 9.26. The zero-order chi connectivity index (χ0) is 13.0. The molecule has 0 aromatic heterocycles. The van der Waals surface area contributed by atoms with Crippen molar-refractivity contribution in [3.8, 4) is 0 Å². The number of rotatable bonds is 3. The highest BCUT2D eigenvalue weighted by Gasteiger charge is 2.00. The van der Waals surface area contributed by atoms with Gasteiger partial charge in [-0.05, 0) is 46.3 Å². The lowest BCUT2D eigenvalue weighted by Crippen LogP contribution is -2.06. The average molecular weight is 325 g/mol. The number of hydrogen-bond donors (Lipinski definition) is 0. The van der Waals surface area contributed by atoms with E-state index in [1.54, 1.807) is 17.1 Å². The molecule has 0 N–H and O–H groups in total. The number of halogens is 2. The Hall–Kier alpha value is -1.39. The maximum Gasteiger partial charge on any atom is 0.102 e. The Labute approximate surface area is 119 Å². The molecule has 0 amide bonds. The second kappa shape index (κ2) is 5.98. The predicted molar refractivity (Wildman–Crippen MR) is 78.5 cm³/mol. The van der Waals surface area contributed by atoms with Crippen molar-refractivity contribution in [2.75, 3.05) is 12.1 Å². The molecule has 0 aliphatic carbocycles. The number of para-hydroxylation sites is 1. The van der Waals surface area contributed by atoms with Crippen LogP contribution in [-0.4, -0.2) is 7.05 Å². The first-order valence-electron chi connectivity index (χ1n) is 5.32. The molecule has 5 heteroatoms. The summed E-state index contributed by atoms with van der Waals surface area (Å²) in [6.45, 7) is 0. The highest BCUT2D eigenvalue weighted by molar-refractivity contribution is 9.10. The molecule has 18 heavy (non-hydrogen) atoms. The van der Waals surface area contributed by atoms with Crippen molar-refractivity contribution >= 4 is 38.9 Å². The summed E-state index contributed by atoms with van der Waals surface area (Å²) in [5, 5.41) is 10.7. The SMILES string of the molecule is CN(N=Nc1ccc(Cl)cc1Br)c1ccccc1. The molecule has 0 aliphatic rings. The fourth-order valence-corrected chi connectivity index (χ4v) is 2.13. The van der Waals surface area contributed by atoms with E-state index < -0.39 is 0 Å². The molecule has 0 fully saturated rings. The average Bonchev–Trinajstić information content (AvgIpc) is 2.38. The van der Waals surface area contributed by atoms with Crippen LogP contribution in [0.15, 0.2) is 63.3 Å². The van der Waals surface area contributed by atoms with Crippen LogP contribution in [0.25, 0.3) is 0 Å². The van der Waals surface area contributed by atoms with Crippen molar-refractivity contribution in [1.82, 2.24) is 0 Å². The van der Waals surface area contributed by atoms with E-state index in [2.05, 4.69) is 26.3 Å². The Morgan fingerprint density at radius 3 is 2.50 bits per heavy atom. The van der Waals surface area contributed by atoms with Crippen molar-refractivity contribution in [1.29, 1.82) is 0 Å². The lowest BCUT2D eigenvalue weighted by Gasteiger charge is -2.10. The maximum atomic E-state index is 5.86.